The molecular weight excluding hydrogens is 300 g/mol. The molecule has 1 spiro atoms. The van der Waals surface area contributed by atoms with E-state index in [2.05, 4.69) is 18.8 Å². The van der Waals surface area contributed by atoms with Crippen LogP contribution in [0, 0.1) is 11.8 Å². The van der Waals surface area contributed by atoms with Gasteiger partial charge < -0.3 is 10.2 Å². The first-order valence-corrected chi connectivity index (χ1v) is 9.76. The van der Waals surface area contributed by atoms with Crippen molar-refractivity contribution in [2.45, 2.75) is 82.7 Å². The minimum absolute atomic E-state index is 0.0345. The number of nitrogens with zero attached hydrogens (tertiary/aromatic N) is 1. The largest absolute Gasteiger partial charge is 0.353 e. The molecule has 0 aromatic rings. The summed E-state index contributed by atoms with van der Waals surface area (Å²) < 4.78 is 0. The minimum atomic E-state index is 0.0345. The van der Waals surface area contributed by atoms with E-state index in [1.54, 1.807) is 0 Å². The summed E-state index contributed by atoms with van der Waals surface area (Å²) in [4.78, 5) is 26.7. The molecule has 1 saturated heterocycles. The van der Waals surface area contributed by atoms with Crippen molar-refractivity contribution in [2.24, 2.45) is 11.8 Å². The van der Waals surface area contributed by atoms with E-state index in [1.165, 1.54) is 12.8 Å². The van der Waals surface area contributed by atoms with Crippen molar-refractivity contribution in [1.29, 1.82) is 0 Å². The topological polar surface area (TPSA) is 49.4 Å². The molecule has 0 radical (unpaired) electrons. The molecule has 0 atom stereocenters. The Balaban J connectivity index is 1.51. The highest BCUT2D eigenvalue weighted by Gasteiger charge is 2.46. The number of nitrogens with one attached hydrogen (secondary N) is 1. The minimum Gasteiger partial charge on any atom is -0.353 e. The second-order valence-electron chi connectivity index (χ2n) is 8.26. The van der Waals surface area contributed by atoms with Crippen molar-refractivity contribution in [3.05, 3.63) is 12.7 Å². The van der Waals surface area contributed by atoms with Crippen LogP contribution in [-0.4, -0.2) is 34.8 Å². The third-order valence-corrected chi connectivity index (χ3v) is 6.64. The Kier molecular flexibility index (Phi) is 5.31. The predicted octanol–water partition coefficient (Wildman–Crippen LogP) is 3.42. The zero-order chi connectivity index (χ0) is 17.2. The maximum absolute atomic E-state index is 12.5. The average Bonchev–Trinajstić information content (AvgIpc) is 2.88. The summed E-state index contributed by atoms with van der Waals surface area (Å²) >= 11 is 0. The Morgan fingerprint density at radius 2 is 1.88 bits per heavy atom. The Hall–Kier alpha value is -1.32. The van der Waals surface area contributed by atoms with E-state index in [0.717, 1.165) is 50.9 Å². The molecule has 134 valence electrons. The van der Waals surface area contributed by atoms with Gasteiger partial charge >= 0.3 is 0 Å². The van der Waals surface area contributed by atoms with Gasteiger partial charge in [0.1, 0.15) is 0 Å². The maximum atomic E-state index is 12.5. The van der Waals surface area contributed by atoms with E-state index in [4.69, 9.17) is 0 Å². The molecule has 1 aliphatic heterocycles. The highest BCUT2D eigenvalue weighted by molar-refractivity contribution is 5.80. The average molecular weight is 332 g/mol. The lowest BCUT2D eigenvalue weighted by molar-refractivity contribution is -0.132. The highest BCUT2D eigenvalue weighted by atomic mass is 16.2. The molecule has 0 bridgehead atoms. The molecule has 0 aromatic heterocycles. The first-order valence-electron chi connectivity index (χ1n) is 9.76. The number of carbonyl (C=O) groups is 2. The van der Waals surface area contributed by atoms with Crippen LogP contribution in [0.15, 0.2) is 12.7 Å². The SMILES string of the molecule is C=CCN1C(=O)CCC12CCC(NC(=O)C1CCC(C)CC1)CC2. The lowest BCUT2D eigenvalue weighted by atomic mass is 9.77. The van der Waals surface area contributed by atoms with Crippen molar-refractivity contribution in [3.8, 4) is 0 Å². The third-order valence-electron chi connectivity index (χ3n) is 6.64. The van der Waals surface area contributed by atoms with E-state index in [1.807, 2.05) is 11.0 Å². The number of carbonyl (C=O) groups excluding carboxylic acids is 2. The first-order chi connectivity index (χ1) is 11.5. The molecule has 0 aromatic carbocycles. The molecule has 3 fully saturated rings. The van der Waals surface area contributed by atoms with Crippen LogP contribution in [0.4, 0.5) is 0 Å². The lowest BCUT2D eigenvalue weighted by Gasteiger charge is -2.44. The van der Waals surface area contributed by atoms with Crippen LogP contribution in [0.1, 0.15) is 71.1 Å². The molecule has 3 rings (SSSR count). The zero-order valence-electron chi connectivity index (χ0n) is 15.1. The van der Waals surface area contributed by atoms with E-state index < -0.39 is 0 Å². The van der Waals surface area contributed by atoms with Gasteiger partial charge in [0.15, 0.2) is 0 Å². The van der Waals surface area contributed by atoms with Gasteiger partial charge in [0.2, 0.25) is 11.8 Å². The molecule has 2 amide bonds. The quantitative estimate of drug-likeness (QED) is 0.802. The lowest BCUT2D eigenvalue weighted by Crippen LogP contribution is -2.51. The summed E-state index contributed by atoms with van der Waals surface area (Å²) in [5.74, 6) is 1.55. The van der Waals surface area contributed by atoms with Crippen LogP contribution in [0.25, 0.3) is 0 Å². The normalized spacial score (nSPS) is 36.8. The van der Waals surface area contributed by atoms with Gasteiger partial charge in [-0.3, -0.25) is 9.59 Å². The van der Waals surface area contributed by atoms with Gasteiger partial charge in [-0.05, 0) is 63.7 Å². The van der Waals surface area contributed by atoms with Crippen molar-refractivity contribution >= 4 is 11.8 Å². The van der Waals surface area contributed by atoms with E-state index in [0.29, 0.717) is 19.0 Å². The molecule has 1 heterocycles. The van der Waals surface area contributed by atoms with E-state index >= 15 is 0 Å². The first kappa shape index (κ1) is 17.5. The zero-order valence-corrected chi connectivity index (χ0v) is 15.1. The van der Waals surface area contributed by atoms with Crippen molar-refractivity contribution < 1.29 is 9.59 Å². The Morgan fingerprint density at radius 3 is 2.50 bits per heavy atom. The van der Waals surface area contributed by atoms with Gasteiger partial charge in [-0.1, -0.05) is 13.0 Å². The van der Waals surface area contributed by atoms with Gasteiger partial charge in [0.25, 0.3) is 0 Å². The van der Waals surface area contributed by atoms with Crippen LogP contribution < -0.4 is 5.32 Å². The highest BCUT2D eigenvalue weighted by Crippen LogP contribution is 2.42. The monoisotopic (exact) mass is 332 g/mol. The number of likely N-dealkylation sites (tertiary alicyclic amines) is 1. The van der Waals surface area contributed by atoms with E-state index in [-0.39, 0.29) is 23.3 Å². The number of hydrogen-bond donors (Lipinski definition) is 1. The second kappa shape index (κ2) is 7.28. The fraction of sp³-hybridized carbons (Fsp3) is 0.800. The number of hydrogen-bond acceptors (Lipinski definition) is 2. The summed E-state index contributed by atoms with van der Waals surface area (Å²) in [6.07, 6.45) is 12.0. The smallest absolute Gasteiger partial charge is 0.223 e. The molecular formula is C20H32N2O2. The number of amides is 2. The Bertz CT molecular complexity index is 486. The van der Waals surface area contributed by atoms with Gasteiger partial charge in [0.05, 0.1) is 0 Å². The summed E-state index contributed by atoms with van der Waals surface area (Å²) in [5.41, 5.74) is 0.0345. The van der Waals surface area contributed by atoms with Crippen LogP contribution in [0.3, 0.4) is 0 Å². The molecule has 4 nitrogen and oxygen atoms in total. The molecule has 1 N–H and O–H groups in total. The van der Waals surface area contributed by atoms with Gasteiger partial charge in [0, 0.05) is 30.5 Å². The van der Waals surface area contributed by atoms with Crippen LogP contribution >= 0.6 is 0 Å². The van der Waals surface area contributed by atoms with Crippen LogP contribution in [0.2, 0.25) is 0 Å². The fourth-order valence-corrected chi connectivity index (χ4v) is 4.96. The van der Waals surface area contributed by atoms with Crippen molar-refractivity contribution in [1.82, 2.24) is 10.2 Å². The van der Waals surface area contributed by atoms with Crippen LogP contribution in [0.5, 0.6) is 0 Å². The molecule has 24 heavy (non-hydrogen) atoms. The summed E-state index contributed by atoms with van der Waals surface area (Å²) in [5, 5.41) is 3.31. The van der Waals surface area contributed by atoms with Crippen molar-refractivity contribution in [2.75, 3.05) is 6.54 Å². The molecule has 2 saturated carbocycles. The molecule has 3 aliphatic rings. The van der Waals surface area contributed by atoms with Gasteiger partial charge in [-0.15, -0.1) is 6.58 Å². The molecule has 4 heteroatoms. The second-order valence-corrected chi connectivity index (χ2v) is 8.26. The van der Waals surface area contributed by atoms with Crippen LogP contribution in [-0.2, 0) is 9.59 Å². The summed E-state index contributed by atoms with van der Waals surface area (Å²) in [7, 11) is 0. The van der Waals surface area contributed by atoms with Crippen molar-refractivity contribution in [3.63, 3.8) is 0 Å². The maximum Gasteiger partial charge on any atom is 0.223 e. The molecule has 0 unspecified atom stereocenters. The van der Waals surface area contributed by atoms with E-state index in [9.17, 15) is 9.59 Å². The molecule has 2 aliphatic carbocycles. The van der Waals surface area contributed by atoms with Gasteiger partial charge in [-0.2, -0.15) is 0 Å². The Labute approximate surface area is 146 Å². The fourth-order valence-electron chi connectivity index (χ4n) is 4.96. The standard InChI is InChI=1S/C20H32N2O2/c1-3-14-22-18(23)10-13-20(22)11-8-17(9-12-20)21-19(24)16-6-4-15(2)5-7-16/h3,15-17H,1,4-14H2,2H3,(H,21,24). The third kappa shape index (κ3) is 3.52. The summed E-state index contributed by atoms with van der Waals surface area (Å²) in [6, 6.07) is 0.295. The summed E-state index contributed by atoms with van der Waals surface area (Å²) in [6.45, 7) is 6.74. The predicted molar refractivity (Wildman–Crippen MR) is 95.4 cm³/mol. The van der Waals surface area contributed by atoms with Gasteiger partial charge in [-0.25, -0.2) is 0 Å². The number of rotatable bonds is 4. The Morgan fingerprint density at radius 1 is 1.21 bits per heavy atom.